The van der Waals surface area contributed by atoms with E-state index in [9.17, 15) is 4.79 Å². The number of hydrogen-bond acceptors (Lipinski definition) is 5. The van der Waals surface area contributed by atoms with Gasteiger partial charge < -0.3 is 9.47 Å². The van der Waals surface area contributed by atoms with Crippen LogP contribution in [0.4, 0.5) is 11.5 Å². The van der Waals surface area contributed by atoms with E-state index < -0.39 is 0 Å². The minimum Gasteiger partial charge on any atom is -0.483 e. The number of ether oxygens (including phenoxy) is 2. The molecule has 0 saturated heterocycles. The van der Waals surface area contributed by atoms with Crippen molar-refractivity contribution in [2.75, 3.05) is 11.5 Å². The van der Waals surface area contributed by atoms with E-state index in [1.807, 2.05) is 75.4 Å². The van der Waals surface area contributed by atoms with Crippen LogP contribution in [0.5, 0.6) is 11.5 Å². The molecule has 2 heterocycles. The van der Waals surface area contributed by atoms with Crippen molar-refractivity contribution in [2.24, 2.45) is 0 Å². The standard InChI is InChI=1S/C23H23N3O3/c1-16-12-13-20(25-24-16)26(18-9-5-4-6-10-18)21(27)15-28-19-11-7-8-17-14-23(2,3)29-22(17)19/h4-13H,14-15H2,1-3H3. The second kappa shape index (κ2) is 7.54. The Morgan fingerprint density at radius 3 is 2.59 bits per heavy atom. The Morgan fingerprint density at radius 1 is 1.07 bits per heavy atom. The van der Waals surface area contributed by atoms with Crippen molar-refractivity contribution in [3.05, 3.63) is 71.9 Å². The van der Waals surface area contributed by atoms with E-state index in [0.717, 1.165) is 17.7 Å². The van der Waals surface area contributed by atoms with Crippen LogP contribution in [0.1, 0.15) is 25.1 Å². The molecule has 2 aromatic carbocycles. The van der Waals surface area contributed by atoms with Gasteiger partial charge in [0.2, 0.25) is 0 Å². The summed E-state index contributed by atoms with van der Waals surface area (Å²) in [6, 6.07) is 18.7. The van der Waals surface area contributed by atoms with Crippen molar-refractivity contribution < 1.29 is 14.3 Å². The zero-order valence-electron chi connectivity index (χ0n) is 16.8. The summed E-state index contributed by atoms with van der Waals surface area (Å²) >= 11 is 0. The van der Waals surface area contributed by atoms with Gasteiger partial charge in [0, 0.05) is 12.0 Å². The number of fused-ring (bicyclic) bond motifs is 1. The predicted molar refractivity (Wildman–Crippen MR) is 111 cm³/mol. The number of carbonyl (C=O) groups is 1. The third-order valence-corrected chi connectivity index (χ3v) is 4.68. The topological polar surface area (TPSA) is 64.6 Å². The molecule has 148 valence electrons. The fourth-order valence-corrected chi connectivity index (χ4v) is 3.40. The first-order valence-electron chi connectivity index (χ1n) is 9.55. The van der Waals surface area contributed by atoms with Crippen molar-refractivity contribution in [3.63, 3.8) is 0 Å². The minimum atomic E-state index is -0.278. The summed E-state index contributed by atoms with van der Waals surface area (Å²) in [5.41, 5.74) is 2.29. The number of aryl methyl sites for hydroxylation is 1. The van der Waals surface area contributed by atoms with Gasteiger partial charge >= 0.3 is 0 Å². The van der Waals surface area contributed by atoms with Crippen LogP contribution in [0.3, 0.4) is 0 Å². The predicted octanol–water partition coefficient (Wildman–Crippen LogP) is 4.24. The van der Waals surface area contributed by atoms with Crippen LogP contribution < -0.4 is 14.4 Å². The Morgan fingerprint density at radius 2 is 1.86 bits per heavy atom. The lowest BCUT2D eigenvalue weighted by molar-refractivity contribution is -0.119. The number of amides is 1. The molecule has 0 bridgehead atoms. The highest BCUT2D eigenvalue weighted by Crippen LogP contribution is 2.41. The molecule has 29 heavy (non-hydrogen) atoms. The summed E-state index contributed by atoms with van der Waals surface area (Å²) in [5.74, 6) is 1.49. The average Bonchev–Trinajstić information content (AvgIpc) is 3.03. The van der Waals surface area contributed by atoms with Crippen LogP contribution in [0.2, 0.25) is 0 Å². The third-order valence-electron chi connectivity index (χ3n) is 4.68. The number of aromatic nitrogens is 2. The quantitative estimate of drug-likeness (QED) is 0.653. The lowest BCUT2D eigenvalue weighted by Gasteiger charge is -2.22. The third kappa shape index (κ3) is 4.06. The summed E-state index contributed by atoms with van der Waals surface area (Å²) in [4.78, 5) is 14.6. The maximum atomic E-state index is 13.1. The summed E-state index contributed by atoms with van der Waals surface area (Å²) in [5, 5.41) is 8.27. The molecule has 0 unspecified atom stereocenters. The van der Waals surface area contributed by atoms with Gasteiger partial charge in [0.25, 0.3) is 5.91 Å². The van der Waals surface area contributed by atoms with Crippen LogP contribution in [0.25, 0.3) is 0 Å². The maximum Gasteiger partial charge on any atom is 0.270 e. The van der Waals surface area contributed by atoms with Crippen molar-refractivity contribution in [2.45, 2.75) is 32.8 Å². The van der Waals surface area contributed by atoms with Gasteiger partial charge in [-0.3, -0.25) is 9.69 Å². The van der Waals surface area contributed by atoms with Crippen LogP contribution in [-0.2, 0) is 11.2 Å². The van der Waals surface area contributed by atoms with E-state index in [1.54, 1.807) is 6.07 Å². The average molecular weight is 389 g/mol. The molecule has 0 atom stereocenters. The van der Waals surface area contributed by atoms with Crippen LogP contribution in [0, 0.1) is 6.92 Å². The van der Waals surface area contributed by atoms with Gasteiger partial charge in [-0.15, -0.1) is 5.10 Å². The van der Waals surface area contributed by atoms with Crippen molar-refractivity contribution in [1.82, 2.24) is 10.2 Å². The first kappa shape index (κ1) is 18.9. The molecular weight excluding hydrogens is 366 g/mol. The highest BCUT2D eigenvalue weighted by Gasteiger charge is 2.32. The van der Waals surface area contributed by atoms with Gasteiger partial charge in [0.05, 0.1) is 11.4 Å². The lowest BCUT2D eigenvalue weighted by atomic mass is 10.0. The molecule has 0 spiro atoms. The minimum absolute atomic E-state index is 0.148. The van der Waals surface area contributed by atoms with Gasteiger partial charge in [-0.05, 0) is 51.1 Å². The molecule has 0 saturated carbocycles. The number of para-hydroxylation sites is 2. The number of benzene rings is 2. The summed E-state index contributed by atoms with van der Waals surface area (Å²) in [6.07, 6.45) is 0.808. The molecule has 0 radical (unpaired) electrons. The van der Waals surface area contributed by atoms with Gasteiger partial charge in [-0.2, -0.15) is 5.10 Å². The molecule has 6 nitrogen and oxygen atoms in total. The molecule has 0 aliphatic carbocycles. The van der Waals surface area contributed by atoms with E-state index in [4.69, 9.17) is 9.47 Å². The van der Waals surface area contributed by atoms with Crippen LogP contribution in [0.15, 0.2) is 60.7 Å². The number of hydrogen-bond donors (Lipinski definition) is 0. The van der Waals surface area contributed by atoms with Gasteiger partial charge in [0.1, 0.15) is 5.60 Å². The summed E-state index contributed by atoms with van der Waals surface area (Å²) < 4.78 is 11.9. The molecule has 1 aromatic heterocycles. The van der Waals surface area contributed by atoms with E-state index in [0.29, 0.717) is 23.0 Å². The Labute approximate surface area is 170 Å². The van der Waals surface area contributed by atoms with E-state index >= 15 is 0 Å². The molecular formula is C23H23N3O3. The second-order valence-corrected chi connectivity index (χ2v) is 7.67. The zero-order chi connectivity index (χ0) is 20.4. The van der Waals surface area contributed by atoms with Crippen molar-refractivity contribution in [1.29, 1.82) is 0 Å². The fraction of sp³-hybridized carbons (Fsp3) is 0.261. The number of anilines is 2. The van der Waals surface area contributed by atoms with E-state index in [-0.39, 0.29) is 18.1 Å². The lowest BCUT2D eigenvalue weighted by Crippen LogP contribution is -2.32. The highest BCUT2D eigenvalue weighted by atomic mass is 16.5. The monoisotopic (exact) mass is 389 g/mol. The zero-order valence-corrected chi connectivity index (χ0v) is 16.8. The van der Waals surface area contributed by atoms with Crippen LogP contribution >= 0.6 is 0 Å². The largest absolute Gasteiger partial charge is 0.483 e. The molecule has 0 N–H and O–H groups in total. The maximum absolute atomic E-state index is 13.1. The Balaban J connectivity index is 1.57. The SMILES string of the molecule is Cc1ccc(N(C(=O)COc2cccc3c2OC(C)(C)C3)c2ccccc2)nn1. The molecule has 1 aliphatic heterocycles. The molecule has 6 heteroatoms. The van der Waals surface area contributed by atoms with Gasteiger partial charge in [-0.25, -0.2) is 0 Å². The summed E-state index contributed by atoms with van der Waals surface area (Å²) in [6.45, 7) is 5.78. The highest BCUT2D eigenvalue weighted by molar-refractivity contribution is 6.00. The van der Waals surface area contributed by atoms with Gasteiger partial charge in [0.15, 0.2) is 23.9 Å². The molecule has 3 aromatic rings. The second-order valence-electron chi connectivity index (χ2n) is 7.67. The Bertz CT molecular complexity index is 1020. The first-order valence-corrected chi connectivity index (χ1v) is 9.55. The Kier molecular flexibility index (Phi) is 4.92. The Hall–Kier alpha value is -3.41. The van der Waals surface area contributed by atoms with Gasteiger partial charge in [-0.1, -0.05) is 30.3 Å². The first-order chi connectivity index (χ1) is 13.9. The summed E-state index contributed by atoms with van der Waals surface area (Å²) in [7, 11) is 0. The number of nitrogens with zero attached hydrogens (tertiary/aromatic N) is 3. The molecule has 0 fully saturated rings. The smallest absolute Gasteiger partial charge is 0.270 e. The molecule has 4 rings (SSSR count). The number of rotatable bonds is 5. The van der Waals surface area contributed by atoms with E-state index in [1.165, 1.54) is 4.90 Å². The van der Waals surface area contributed by atoms with Crippen molar-refractivity contribution >= 4 is 17.4 Å². The number of carbonyl (C=O) groups excluding carboxylic acids is 1. The van der Waals surface area contributed by atoms with Crippen molar-refractivity contribution in [3.8, 4) is 11.5 Å². The molecule has 1 aliphatic rings. The molecule has 1 amide bonds. The van der Waals surface area contributed by atoms with E-state index in [2.05, 4.69) is 10.2 Å². The normalized spacial score (nSPS) is 14.0. The van der Waals surface area contributed by atoms with Crippen LogP contribution in [-0.4, -0.2) is 28.3 Å². The fourth-order valence-electron chi connectivity index (χ4n) is 3.40.